The molecule has 0 aliphatic carbocycles. The van der Waals surface area contributed by atoms with Crippen LogP contribution in [-0.2, 0) is 19.7 Å². The molecule has 2 N–H and O–H groups in total. The molecule has 21 heavy (non-hydrogen) atoms. The fourth-order valence-corrected chi connectivity index (χ4v) is 3.78. The van der Waals surface area contributed by atoms with Gasteiger partial charge in [-0.2, -0.15) is 17.4 Å². The van der Waals surface area contributed by atoms with E-state index in [1.165, 1.54) is 4.31 Å². The molecule has 1 fully saturated rings. The van der Waals surface area contributed by atoms with Crippen molar-refractivity contribution in [1.29, 1.82) is 0 Å². The monoisotopic (exact) mass is 378 g/mol. The number of ether oxygens (including phenoxy) is 1. The van der Waals surface area contributed by atoms with E-state index >= 15 is 0 Å². The lowest BCUT2D eigenvalue weighted by molar-refractivity contribution is -0.139. The van der Waals surface area contributed by atoms with Gasteiger partial charge in [-0.3, -0.25) is 4.79 Å². The van der Waals surface area contributed by atoms with E-state index in [4.69, 9.17) is 4.74 Å². The summed E-state index contributed by atoms with van der Waals surface area (Å²) < 4.78 is 33.6. The van der Waals surface area contributed by atoms with Crippen LogP contribution in [0.4, 0.5) is 0 Å². The summed E-state index contributed by atoms with van der Waals surface area (Å²) >= 11 is 3.24. The standard InChI is InChI=1S/C12H15BrN2O5S/c13-10-4-2-1-3-9(10)11(12(16)17)14-21(18,19)15-5-7-20-8-6-15/h1-4,11,14H,5-8H2,(H,16,17). The second-order valence-electron chi connectivity index (χ2n) is 4.43. The number of carboxylic acid groups (broad SMARTS) is 1. The van der Waals surface area contributed by atoms with Gasteiger partial charge in [0.15, 0.2) is 0 Å². The summed E-state index contributed by atoms with van der Waals surface area (Å²) in [6.07, 6.45) is 0. The predicted octanol–water partition coefficient (Wildman–Crippen LogP) is 0.741. The molecule has 1 aromatic rings. The number of carbonyl (C=O) groups is 1. The number of nitrogens with one attached hydrogen (secondary N) is 1. The normalized spacial score (nSPS) is 18.3. The van der Waals surface area contributed by atoms with Crippen LogP contribution in [0.1, 0.15) is 11.6 Å². The summed E-state index contributed by atoms with van der Waals surface area (Å²) in [6, 6.07) is 5.24. The van der Waals surface area contributed by atoms with Crippen LogP contribution in [0.3, 0.4) is 0 Å². The van der Waals surface area contributed by atoms with Gasteiger partial charge in [-0.25, -0.2) is 0 Å². The third-order valence-electron chi connectivity index (χ3n) is 3.04. The first-order valence-corrected chi connectivity index (χ1v) is 8.47. The second kappa shape index (κ2) is 6.84. The number of halogens is 1. The minimum Gasteiger partial charge on any atom is -0.480 e. The van der Waals surface area contributed by atoms with Gasteiger partial charge in [0, 0.05) is 17.6 Å². The molecule has 1 aromatic carbocycles. The van der Waals surface area contributed by atoms with Gasteiger partial charge in [-0.1, -0.05) is 34.1 Å². The van der Waals surface area contributed by atoms with E-state index in [2.05, 4.69) is 20.7 Å². The summed E-state index contributed by atoms with van der Waals surface area (Å²) in [4.78, 5) is 11.4. The maximum absolute atomic E-state index is 12.3. The third-order valence-corrected chi connectivity index (χ3v) is 5.34. The van der Waals surface area contributed by atoms with Crippen molar-refractivity contribution in [3.8, 4) is 0 Å². The molecule has 1 aliphatic heterocycles. The van der Waals surface area contributed by atoms with E-state index < -0.39 is 22.2 Å². The fraction of sp³-hybridized carbons (Fsp3) is 0.417. The van der Waals surface area contributed by atoms with Gasteiger partial charge < -0.3 is 9.84 Å². The average Bonchev–Trinajstić information content (AvgIpc) is 2.46. The Bertz CT molecular complexity index is 616. The molecule has 116 valence electrons. The Morgan fingerprint density at radius 1 is 1.33 bits per heavy atom. The highest BCUT2D eigenvalue weighted by atomic mass is 79.9. The van der Waals surface area contributed by atoms with E-state index in [1.807, 2.05) is 0 Å². The van der Waals surface area contributed by atoms with Crippen LogP contribution in [0.15, 0.2) is 28.7 Å². The molecular weight excluding hydrogens is 364 g/mol. The maximum atomic E-state index is 12.3. The Labute approximate surface area is 131 Å². The van der Waals surface area contributed by atoms with Crippen LogP contribution in [-0.4, -0.2) is 50.1 Å². The maximum Gasteiger partial charge on any atom is 0.326 e. The van der Waals surface area contributed by atoms with Crippen LogP contribution in [0.25, 0.3) is 0 Å². The number of hydrogen-bond donors (Lipinski definition) is 2. The quantitative estimate of drug-likeness (QED) is 0.787. The zero-order chi connectivity index (χ0) is 15.5. The van der Waals surface area contributed by atoms with E-state index in [9.17, 15) is 18.3 Å². The van der Waals surface area contributed by atoms with Gasteiger partial charge in [0.2, 0.25) is 0 Å². The van der Waals surface area contributed by atoms with Crippen molar-refractivity contribution >= 4 is 32.1 Å². The molecule has 1 aliphatic rings. The number of morpholine rings is 1. The van der Waals surface area contributed by atoms with Gasteiger partial charge in [0.25, 0.3) is 10.2 Å². The Morgan fingerprint density at radius 2 is 1.95 bits per heavy atom. The lowest BCUT2D eigenvalue weighted by atomic mass is 10.1. The number of carboxylic acids is 1. The highest BCUT2D eigenvalue weighted by Gasteiger charge is 2.31. The lowest BCUT2D eigenvalue weighted by Crippen LogP contribution is -2.48. The summed E-state index contributed by atoms with van der Waals surface area (Å²) in [7, 11) is -3.89. The molecule has 1 heterocycles. The topological polar surface area (TPSA) is 95.9 Å². The third kappa shape index (κ3) is 4.01. The highest BCUT2D eigenvalue weighted by Crippen LogP contribution is 2.24. The van der Waals surface area contributed by atoms with Gasteiger partial charge in [-0.15, -0.1) is 0 Å². The number of nitrogens with zero attached hydrogens (tertiary/aromatic N) is 1. The Hall–Kier alpha value is -1.00. The molecule has 0 radical (unpaired) electrons. The largest absolute Gasteiger partial charge is 0.480 e. The van der Waals surface area contributed by atoms with E-state index in [-0.39, 0.29) is 13.1 Å². The van der Waals surface area contributed by atoms with E-state index in [0.717, 1.165) is 0 Å². The molecule has 1 unspecified atom stereocenters. The van der Waals surface area contributed by atoms with Crippen molar-refractivity contribution in [2.75, 3.05) is 26.3 Å². The molecular formula is C12H15BrN2O5S. The first-order chi connectivity index (χ1) is 9.92. The van der Waals surface area contributed by atoms with Crippen LogP contribution in [0.5, 0.6) is 0 Å². The molecule has 0 aromatic heterocycles. The minimum absolute atomic E-state index is 0.206. The molecule has 7 nitrogen and oxygen atoms in total. The number of benzene rings is 1. The van der Waals surface area contributed by atoms with Crippen molar-refractivity contribution in [3.05, 3.63) is 34.3 Å². The van der Waals surface area contributed by atoms with E-state index in [0.29, 0.717) is 23.2 Å². The zero-order valence-electron chi connectivity index (χ0n) is 11.0. The molecule has 2 rings (SSSR count). The van der Waals surface area contributed by atoms with Crippen LogP contribution in [0.2, 0.25) is 0 Å². The van der Waals surface area contributed by atoms with Gasteiger partial charge in [-0.05, 0) is 11.6 Å². The van der Waals surface area contributed by atoms with Crippen LogP contribution >= 0.6 is 15.9 Å². The Balaban J connectivity index is 2.24. The lowest BCUT2D eigenvalue weighted by Gasteiger charge is -2.27. The minimum atomic E-state index is -3.89. The second-order valence-corrected chi connectivity index (χ2v) is 6.98. The van der Waals surface area contributed by atoms with Crippen molar-refractivity contribution < 1.29 is 23.1 Å². The van der Waals surface area contributed by atoms with Crippen LogP contribution < -0.4 is 4.72 Å². The van der Waals surface area contributed by atoms with Crippen molar-refractivity contribution in [2.45, 2.75) is 6.04 Å². The van der Waals surface area contributed by atoms with Gasteiger partial charge in [0.05, 0.1) is 13.2 Å². The Morgan fingerprint density at radius 3 is 2.52 bits per heavy atom. The summed E-state index contributed by atoms with van der Waals surface area (Å²) in [5.74, 6) is -1.27. The summed E-state index contributed by atoms with van der Waals surface area (Å²) in [5, 5.41) is 9.32. The number of hydrogen-bond acceptors (Lipinski definition) is 4. The highest BCUT2D eigenvalue weighted by molar-refractivity contribution is 9.10. The van der Waals surface area contributed by atoms with Crippen molar-refractivity contribution in [3.63, 3.8) is 0 Å². The molecule has 0 bridgehead atoms. The SMILES string of the molecule is O=C(O)C(NS(=O)(=O)N1CCOCC1)c1ccccc1Br. The summed E-state index contributed by atoms with van der Waals surface area (Å²) in [6.45, 7) is 1.01. The van der Waals surface area contributed by atoms with Crippen molar-refractivity contribution in [2.24, 2.45) is 0 Å². The predicted molar refractivity (Wildman–Crippen MR) is 79.0 cm³/mol. The van der Waals surface area contributed by atoms with Crippen LogP contribution in [0, 0.1) is 0 Å². The van der Waals surface area contributed by atoms with E-state index in [1.54, 1.807) is 24.3 Å². The first-order valence-electron chi connectivity index (χ1n) is 6.24. The number of aliphatic carboxylic acids is 1. The molecule has 9 heteroatoms. The molecule has 0 amide bonds. The first kappa shape index (κ1) is 16.4. The Kier molecular flexibility index (Phi) is 5.33. The molecule has 1 saturated heterocycles. The molecule has 1 atom stereocenters. The summed E-state index contributed by atoms with van der Waals surface area (Å²) in [5.41, 5.74) is 0.349. The van der Waals surface area contributed by atoms with Crippen molar-refractivity contribution in [1.82, 2.24) is 9.03 Å². The number of rotatable bonds is 5. The average molecular weight is 379 g/mol. The molecule has 0 spiro atoms. The zero-order valence-corrected chi connectivity index (χ0v) is 13.4. The molecule has 0 saturated carbocycles. The fourth-order valence-electron chi connectivity index (χ4n) is 1.97. The van der Waals surface area contributed by atoms with Gasteiger partial charge in [0.1, 0.15) is 6.04 Å². The smallest absolute Gasteiger partial charge is 0.326 e. The van der Waals surface area contributed by atoms with Gasteiger partial charge >= 0.3 is 5.97 Å².